The molecule has 0 N–H and O–H groups in total. The third-order valence-electron chi connectivity index (χ3n) is 5.19. The van der Waals surface area contributed by atoms with E-state index in [-0.39, 0.29) is 0 Å². The minimum absolute atomic E-state index is 1.21. The molecule has 0 aromatic heterocycles. The van der Waals surface area contributed by atoms with E-state index in [4.69, 9.17) is 0 Å². The van der Waals surface area contributed by atoms with Gasteiger partial charge in [0.05, 0.1) is 0 Å². The van der Waals surface area contributed by atoms with Gasteiger partial charge in [0.15, 0.2) is 0 Å². The Morgan fingerprint density at radius 1 is 0.500 bits per heavy atom. The first-order valence-corrected chi connectivity index (χ1v) is 9.65. The minimum atomic E-state index is 1.21. The molecule has 146 valence electrons. The second kappa shape index (κ2) is 7.97. The highest BCUT2D eigenvalue weighted by molar-refractivity contribution is 5.86. The molecule has 3 rings (SSSR count). The highest BCUT2D eigenvalue weighted by Crippen LogP contribution is 2.38. The Morgan fingerprint density at radius 2 is 0.964 bits per heavy atom. The van der Waals surface area contributed by atoms with Crippen molar-refractivity contribution in [3.05, 3.63) is 66.2 Å². The van der Waals surface area contributed by atoms with Crippen LogP contribution < -0.4 is 14.7 Å². The van der Waals surface area contributed by atoms with Gasteiger partial charge in [-0.05, 0) is 59.5 Å². The maximum absolute atomic E-state index is 2.30. The molecule has 0 bridgehead atoms. The van der Waals surface area contributed by atoms with Crippen molar-refractivity contribution < 1.29 is 0 Å². The SMILES string of the molecule is Cc1cc(-c2ccc(N(C)C)cc2)cc(N(C)C)c1-c1ccc(N(C)C)cc1. The molecule has 0 aliphatic heterocycles. The van der Waals surface area contributed by atoms with Crippen LogP contribution in [0.4, 0.5) is 17.1 Å². The van der Waals surface area contributed by atoms with E-state index in [2.05, 4.69) is 125 Å². The van der Waals surface area contributed by atoms with Crippen molar-refractivity contribution in [1.29, 1.82) is 0 Å². The summed E-state index contributed by atoms with van der Waals surface area (Å²) in [7, 11) is 12.5. The minimum Gasteiger partial charge on any atom is -0.378 e. The molecule has 3 aromatic rings. The average Bonchev–Trinajstić information content (AvgIpc) is 2.67. The van der Waals surface area contributed by atoms with Crippen LogP contribution in [0.5, 0.6) is 0 Å². The summed E-state index contributed by atoms with van der Waals surface area (Å²) in [5.74, 6) is 0. The van der Waals surface area contributed by atoms with Gasteiger partial charge in [0.2, 0.25) is 0 Å². The predicted molar refractivity (Wildman–Crippen MR) is 125 cm³/mol. The Kier molecular flexibility index (Phi) is 5.64. The largest absolute Gasteiger partial charge is 0.378 e. The molecule has 0 heterocycles. The van der Waals surface area contributed by atoms with Gasteiger partial charge >= 0.3 is 0 Å². The molecule has 0 aliphatic rings. The fourth-order valence-corrected chi connectivity index (χ4v) is 3.54. The normalized spacial score (nSPS) is 10.7. The highest BCUT2D eigenvalue weighted by Gasteiger charge is 2.13. The number of aryl methyl sites for hydroxylation is 1. The lowest BCUT2D eigenvalue weighted by Crippen LogP contribution is -2.11. The smallest absolute Gasteiger partial charge is 0.0449 e. The number of hydrogen-bond donors (Lipinski definition) is 0. The van der Waals surface area contributed by atoms with Gasteiger partial charge in [-0.3, -0.25) is 0 Å². The summed E-state index contributed by atoms with van der Waals surface area (Å²) < 4.78 is 0. The van der Waals surface area contributed by atoms with Crippen LogP contribution in [-0.2, 0) is 0 Å². The van der Waals surface area contributed by atoms with E-state index in [9.17, 15) is 0 Å². The van der Waals surface area contributed by atoms with Gasteiger partial charge in [0.25, 0.3) is 0 Å². The van der Waals surface area contributed by atoms with E-state index < -0.39 is 0 Å². The quantitative estimate of drug-likeness (QED) is 0.582. The maximum Gasteiger partial charge on any atom is 0.0449 e. The van der Waals surface area contributed by atoms with Crippen molar-refractivity contribution in [3.8, 4) is 22.3 Å². The van der Waals surface area contributed by atoms with Crippen LogP contribution in [-0.4, -0.2) is 42.3 Å². The molecule has 3 aromatic carbocycles. The Labute approximate surface area is 169 Å². The molecular weight excluding hydrogens is 342 g/mol. The second-order valence-electron chi connectivity index (χ2n) is 7.96. The standard InChI is InChI=1S/C25H31N3/c1-18-16-21(19-8-12-22(13-9-19)26(2)3)17-24(28(6)7)25(18)20-10-14-23(15-11-20)27(4)5/h8-17H,1-7H3. The maximum atomic E-state index is 2.30. The van der Waals surface area contributed by atoms with Crippen LogP contribution in [0.15, 0.2) is 60.7 Å². The third-order valence-corrected chi connectivity index (χ3v) is 5.19. The second-order valence-corrected chi connectivity index (χ2v) is 7.96. The van der Waals surface area contributed by atoms with Gasteiger partial charge in [-0.25, -0.2) is 0 Å². The summed E-state index contributed by atoms with van der Waals surface area (Å²) >= 11 is 0. The molecule has 0 saturated carbocycles. The zero-order chi connectivity index (χ0) is 20.4. The van der Waals surface area contributed by atoms with Gasteiger partial charge in [-0.15, -0.1) is 0 Å². The molecule has 0 spiro atoms. The number of rotatable bonds is 5. The average molecular weight is 374 g/mol. The number of nitrogens with zero attached hydrogens (tertiary/aromatic N) is 3. The fraction of sp³-hybridized carbons (Fsp3) is 0.280. The summed E-state index contributed by atoms with van der Waals surface area (Å²) in [6.07, 6.45) is 0. The molecule has 0 atom stereocenters. The van der Waals surface area contributed by atoms with E-state index in [0.717, 1.165) is 0 Å². The van der Waals surface area contributed by atoms with E-state index in [1.807, 2.05) is 0 Å². The van der Waals surface area contributed by atoms with Gasteiger partial charge in [-0.2, -0.15) is 0 Å². The first-order valence-electron chi connectivity index (χ1n) is 9.65. The van der Waals surface area contributed by atoms with Crippen molar-refractivity contribution >= 4 is 17.1 Å². The Balaban J connectivity index is 2.08. The molecule has 0 unspecified atom stereocenters. The molecule has 0 saturated heterocycles. The zero-order valence-electron chi connectivity index (χ0n) is 18.1. The van der Waals surface area contributed by atoms with Crippen LogP contribution in [0, 0.1) is 6.92 Å². The monoisotopic (exact) mass is 373 g/mol. The molecule has 0 aliphatic carbocycles. The van der Waals surface area contributed by atoms with Gasteiger partial charge in [0, 0.05) is 64.9 Å². The lowest BCUT2D eigenvalue weighted by Gasteiger charge is -2.22. The van der Waals surface area contributed by atoms with Gasteiger partial charge in [-0.1, -0.05) is 30.3 Å². The molecule has 3 heteroatoms. The Bertz CT molecular complexity index is 937. The predicted octanol–water partition coefficient (Wildman–Crippen LogP) is 5.53. The first kappa shape index (κ1) is 19.8. The summed E-state index contributed by atoms with van der Waals surface area (Å²) in [6.45, 7) is 2.21. The van der Waals surface area contributed by atoms with E-state index in [1.54, 1.807) is 0 Å². The first-order chi connectivity index (χ1) is 13.3. The molecule has 0 radical (unpaired) electrons. The van der Waals surface area contributed by atoms with Crippen LogP contribution in [0.2, 0.25) is 0 Å². The van der Waals surface area contributed by atoms with Crippen molar-refractivity contribution in [1.82, 2.24) is 0 Å². The van der Waals surface area contributed by atoms with Crippen molar-refractivity contribution in [3.63, 3.8) is 0 Å². The summed E-state index contributed by atoms with van der Waals surface area (Å²) in [4.78, 5) is 6.46. The lowest BCUT2D eigenvalue weighted by molar-refractivity contribution is 1.12. The molecule has 0 fully saturated rings. The summed E-state index contributed by atoms with van der Waals surface area (Å²) in [6, 6.07) is 22.2. The number of benzene rings is 3. The van der Waals surface area contributed by atoms with Crippen LogP contribution in [0.1, 0.15) is 5.56 Å². The highest BCUT2D eigenvalue weighted by atomic mass is 15.1. The van der Waals surface area contributed by atoms with Crippen molar-refractivity contribution in [2.24, 2.45) is 0 Å². The topological polar surface area (TPSA) is 9.72 Å². The van der Waals surface area contributed by atoms with E-state index in [1.165, 1.54) is 44.9 Å². The van der Waals surface area contributed by atoms with Crippen molar-refractivity contribution in [2.45, 2.75) is 6.92 Å². The van der Waals surface area contributed by atoms with Crippen LogP contribution >= 0.6 is 0 Å². The molecule has 3 nitrogen and oxygen atoms in total. The summed E-state index contributed by atoms with van der Waals surface area (Å²) in [5, 5.41) is 0. The lowest BCUT2D eigenvalue weighted by atomic mass is 9.93. The fourth-order valence-electron chi connectivity index (χ4n) is 3.54. The van der Waals surface area contributed by atoms with E-state index >= 15 is 0 Å². The van der Waals surface area contributed by atoms with Crippen molar-refractivity contribution in [2.75, 3.05) is 57.0 Å². The van der Waals surface area contributed by atoms with Crippen LogP contribution in [0.3, 0.4) is 0 Å². The van der Waals surface area contributed by atoms with Crippen LogP contribution in [0.25, 0.3) is 22.3 Å². The number of hydrogen-bond acceptors (Lipinski definition) is 3. The molecule has 0 amide bonds. The third kappa shape index (κ3) is 3.99. The van der Waals surface area contributed by atoms with Gasteiger partial charge < -0.3 is 14.7 Å². The van der Waals surface area contributed by atoms with E-state index in [0.29, 0.717) is 0 Å². The number of anilines is 3. The van der Waals surface area contributed by atoms with Gasteiger partial charge in [0.1, 0.15) is 0 Å². The molecule has 28 heavy (non-hydrogen) atoms. The Hall–Kier alpha value is -2.94. The Morgan fingerprint density at radius 3 is 1.39 bits per heavy atom. The summed E-state index contributed by atoms with van der Waals surface area (Å²) in [5.41, 5.74) is 9.99. The molecular formula is C25H31N3. The zero-order valence-corrected chi connectivity index (χ0v) is 18.1.